The number of benzene rings is 2. The molecule has 0 aromatic heterocycles. The van der Waals surface area contributed by atoms with Gasteiger partial charge in [-0.25, -0.2) is 0 Å². The number of nitrogens with two attached hydrogens (primary N) is 1. The number of hydrogen-bond donors (Lipinski definition) is 2. The first-order valence-electron chi connectivity index (χ1n) is 6.76. The number of rotatable bonds is 5. The van der Waals surface area contributed by atoms with E-state index in [9.17, 15) is 4.79 Å². The fraction of sp³-hybridized carbons (Fsp3) is 0.235. The summed E-state index contributed by atoms with van der Waals surface area (Å²) in [6, 6.07) is 16.0. The Morgan fingerprint density at radius 2 is 1.80 bits per heavy atom. The van der Waals surface area contributed by atoms with E-state index in [1.54, 1.807) is 6.07 Å². The molecular formula is C17H20N2O. The first-order chi connectivity index (χ1) is 9.59. The molecular weight excluding hydrogens is 248 g/mol. The number of carbonyl (C=O) groups excluding carboxylic acids is 1. The number of hydrogen-bond acceptors (Lipinski definition) is 2. The van der Waals surface area contributed by atoms with Crippen LogP contribution in [-0.2, 0) is 6.54 Å². The van der Waals surface area contributed by atoms with E-state index in [2.05, 4.69) is 31.3 Å². The molecule has 0 unspecified atom stereocenters. The molecule has 0 heterocycles. The fourth-order valence-corrected chi connectivity index (χ4v) is 2.36. The monoisotopic (exact) mass is 268 g/mol. The summed E-state index contributed by atoms with van der Waals surface area (Å²) in [7, 11) is 0. The Labute approximate surface area is 119 Å². The SMILES string of the molecule is Cc1ccccc1[C@H](C)NCc1ccccc1C(N)=O. The van der Waals surface area contributed by atoms with Crippen molar-refractivity contribution in [1.82, 2.24) is 5.32 Å². The fourth-order valence-electron chi connectivity index (χ4n) is 2.36. The highest BCUT2D eigenvalue weighted by Crippen LogP contribution is 2.18. The van der Waals surface area contributed by atoms with Crippen molar-refractivity contribution in [1.29, 1.82) is 0 Å². The van der Waals surface area contributed by atoms with Gasteiger partial charge in [-0.2, -0.15) is 0 Å². The average Bonchev–Trinajstić information content (AvgIpc) is 2.45. The molecule has 0 aliphatic carbocycles. The molecule has 1 atom stereocenters. The van der Waals surface area contributed by atoms with Crippen LogP contribution in [0, 0.1) is 6.92 Å². The second-order valence-electron chi connectivity index (χ2n) is 4.98. The maximum Gasteiger partial charge on any atom is 0.249 e. The average molecular weight is 268 g/mol. The smallest absolute Gasteiger partial charge is 0.249 e. The molecule has 2 aromatic carbocycles. The van der Waals surface area contributed by atoms with Gasteiger partial charge >= 0.3 is 0 Å². The van der Waals surface area contributed by atoms with E-state index in [1.807, 2.05) is 30.3 Å². The van der Waals surface area contributed by atoms with Crippen LogP contribution in [0.1, 0.15) is 40.0 Å². The van der Waals surface area contributed by atoms with Gasteiger partial charge in [0.15, 0.2) is 0 Å². The zero-order chi connectivity index (χ0) is 14.5. The van der Waals surface area contributed by atoms with Gasteiger partial charge in [-0.3, -0.25) is 4.79 Å². The van der Waals surface area contributed by atoms with Crippen LogP contribution in [0.25, 0.3) is 0 Å². The molecule has 3 nitrogen and oxygen atoms in total. The van der Waals surface area contributed by atoms with Gasteiger partial charge in [0.05, 0.1) is 0 Å². The molecule has 0 radical (unpaired) electrons. The summed E-state index contributed by atoms with van der Waals surface area (Å²) in [5.41, 5.74) is 9.43. The first-order valence-corrected chi connectivity index (χ1v) is 6.76. The van der Waals surface area contributed by atoms with Gasteiger partial charge in [0.2, 0.25) is 5.91 Å². The Morgan fingerprint density at radius 3 is 2.50 bits per heavy atom. The van der Waals surface area contributed by atoms with E-state index in [1.165, 1.54) is 11.1 Å². The molecule has 0 saturated carbocycles. The molecule has 0 saturated heterocycles. The maximum absolute atomic E-state index is 11.4. The Kier molecular flexibility index (Phi) is 4.53. The molecule has 20 heavy (non-hydrogen) atoms. The lowest BCUT2D eigenvalue weighted by Gasteiger charge is -2.17. The van der Waals surface area contributed by atoms with E-state index in [0.717, 1.165) is 5.56 Å². The molecule has 3 heteroatoms. The predicted molar refractivity (Wildman–Crippen MR) is 81.4 cm³/mol. The van der Waals surface area contributed by atoms with E-state index >= 15 is 0 Å². The van der Waals surface area contributed by atoms with Crippen LogP contribution >= 0.6 is 0 Å². The van der Waals surface area contributed by atoms with Crippen molar-refractivity contribution in [3.05, 3.63) is 70.8 Å². The van der Waals surface area contributed by atoms with Crippen molar-refractivity contribution in [2.24, 2.45) is 5.73 Å². The van der Waals surface area contributed by atoms with Crippen LogP contribution < -0.4 is 11.1 Å². The highest BCUT2D eigenvalue weighted by molar-refractivity contribution is 5.94. The Bertz CT molecular complexity index is 607. The van der Waals surface area contributed by atoms with Crippen molar-refractivity contribution in [2.45, 2.75) is 26.4 Å². The van der Waals surface area contributed by atoms with Gasteiger partial charge in [0.1, 0.15) is 0 Å². The molecule has 0 aliphatic heterocycles. The highest BCUT2D eigenvalue weighted by atomic mass is 16.1. The van der Waals surface area contributed by atoms with Gasteiger partial charge in [0.25, 0.3) is 0 Å². The first kappa shape index (κ1) is 14.3. The summed E-state index contributed by atoms with van der Waals surface area (Å²) in [5, 5.41) is 3.44. The molecule has 2 aromatic rings. The summed E-state index contributed by atoms with van der Waals surface area (Å²) in [6.45, 7) is 4.84. The molecule has 104 valence electrons. The lowest BCUT2D eigenvalue weighted by molar-refractivity contribution is 0.0999. The quantitative estimate of drug-likeness (QED) is 0.876. The third kappa shape index (κ3) is 3.25. The van der Waals surface area contributed by atoms with E-state index in [4.69, 9.17) is 5.73 Å². The minimum atomic E-state index is -0.383. The van der Waals surface area contributed by atoms with Crippen molar-refractivity contribution >= 4 is 5.91 Å². The van der Waals surface area contributed by atoms with Crippen LogP contribution in [0.15, 0.2) is 48.5 Å². The van der Waals surface area contributed by atoms with Gasteiger partial charge in [-0.15, -0.1) is 0 Å². The summed E-state index contributed by atoms with van der Waals surface area (Å²) >= 11 is 0. The van der Waals surface area contributed by atoms with E-state index in [-0.39, 0.29) is 11.9 Å². The van der Waals surface area contributed by atoms with Crippen LogP contribution in [-0.4, -0.2) is 5.91 Å². The number of amides is 1. The summed E-state index contributed by atoms with van der Waals surface area (Å²) in [6.07, 6.45) is 0. The van der Waals surface area contributed by atoms with E-state index in [0.29, 0.717) is 12.1 Å². The molecule has 3 N–H and O–H groups in total. The van der Waals surface area contributed by atoms with Crippen molar-refractivity contribution < 1.29 is 4.79 Å². The topological polar surface area (TPSA) is 55.1 Å². The zero-order valence-electron chi connectivity index (χ0n) is 11.9. The number of primary amides is 1. The Balaban J connectivity index is 2.10. The highest BCUT2D eigenvalue weighted by Gasteiger charge is 2.10. The molecule has 2 rings (SSSR count). The minimum Gasteiger partial charge on any atom is -0.366 e. The van der Waals surface area contributed by atoms with E-state index < -0.39 is 0 Å². The standard InChI is InChI=1S/C17H20N2O/c1-12-7-3-5-9-15(12)13(2)19-11-14-8-4-6-10-16(14)17(18)20/h3-10,13,19H,11H2,1-2H3,(H2,18,20)/t13-/m0/s1. The summed E-state index contributed by atoms with van der Waals surface area (Å²) in [5.74, 6) is -0.383. The summed E-state index contributed by atoms with van der Waals surface area (Å²) < 4.78 is 0. The lowest BCUT2D eigenvalue weighted by Crippen LogP contribution is -2.22. The lowest BCUT2D eigenvalue weighted by atomic mass is 10.0. The van der Waals surface area contributed by atoms with Gasteiger partial charge in [-0.05, 0) is 36.6 Å². The molecule has 0 spiro atoms. The van der Waals surface area contributed by atoms with Crippen LogP contribution in [0.2, 0.25) is 0 Å². The summed E-state index contributed by atoms with van der Waals surface area (Å²) in [4.78, 5) is 11.4. The zero-order valence-corrected chi connectivity index (χ0v) is 11.9. The molecule has 0 bridgehead atoms. The maximum atomic E-state index is 11.4. The molecule has 1 amide bonds. The largest absolute Gasteiger partial charge is 0.366 e. The minimum absolute atomic E-state index is 0.220. The van der Waals surface area contributed by atoms with Crippen molar-refractivity contribution in [3.8, 4) is 0 Å². The second kappa shape index (κ2) is 6.35. The van der Waals surface area contributed by atoms with Crippen LogP contribution in [0.5, 0.6) is 0 Å². The van der Waals surface area contributed by atoms with Crippen LogP contribution in [0.3, 0.4) is 0 Å². The van der Waals surface area contributed by atoms with Gasteiger partial charge < -0.3 is 11.1 Å². The normalized spacial score (nSPS) is 12.1. The molecule has 0 aliphatic rings. The Hall–Kier alpha value is -2.13. The van der Waals surface area contributed by atoms with Crippen molar-refractivity contribution in [2.75, 3.05) is 0 Å². The van der Waals surface area contributed by atoms with Crippen molar-refractivity contribution in [3.63, 3.8) is 0 Å². The number of aryl methyl sites for hydroxylation is 1. The van der Waals surface area contributed by atoms with Crippen LogP contribution in [0.4, 0.5) is 0 Å². The van der Waals surface area contributed by atoms with Gasteiger partial charge in [0, 0.05) is 18.2 Å². The Morgan fingerprint density at radius 1 is 1.15 bits per heavy atom. The number of nitrogens with one attached hydrogen (secondary N) is 1. The number of carbonyl (C=O) groups is 1. The third-order valence-electron chi connectivity index (χ3n) is 3.54. The van der Waals surface area contributed by atoms with Gasteiger partial charge in [-0.1, -0.05) is 42.5 Å². The predicted octanol–water partition coefficient (Wildman–Crippen LogP) is 2.94. The second-order valence-corrected chi connectivity index (χ2v) is 4.98. The molecule has 0 fully saturated rings. The third-order valence-corrected chi connectivity index (χ3v) is 3.54.